The van der Waals surface area contributed by atoms with E-state index < -0.39 is 10.0 Å². The second kappa shape index (κ2) is 8.01. The number of hydrogen-bond donors (Lipinski definition) is 1. The van der Waals surface area contributed by atoms with Crippen LogP contribution in [0.5, 0.6) is 0 Å². The van der Waals surface area contributed by atoms with E-state index in [2.05, 4.69) is 5.32 Å². The monoisotopic (exact) mass is 393 g/mol. The number of nitrogens with zero attached hydrogens (tertiary/aromatic N) is 2. The standard InChI is InChI=1S/C15H21Cl2N3O3S/c1-11(10-18-2)15(21)19-6-8-20(9-7-19)24(22,23)13-5-3-4-12(16)14(13)17/h3-5,11,18H,6-10H2,1-2H3. The van der Waals surface area contributed by atoms with Crippen molar-refractivity contribution in [3.05, 3.63) is 28.2 Å². The average Bonchev–Trinajstić information content (AvgIpc) is 2.56. The minimum absolute atomic E-state index is 0.00000534. The van der Waals surface area contributed by atoms with E-state index in [1.54, 1.807) is 24.1 Å². The van der Waals surface area contributed by atoms with E-state index in [4.69, 9.17) is 23.2 Å². The van der Waals surface area contributed by atoms with Gasteiger partial charge >= 0.3 is 0 Å². The van der Waals surface area contributed by atoms with Crippen molar-refractivity contribution in [1.82, 2.24) is 14.5 Å². The fraction of sp³-hybridized carbons (Fsp3) is 0.533. The number of sulfonamides is 1. The van der Waals surface area contributed by atoms with Crippen LogP contribution in [0.2, 0.25) is 10.0 Å². The quantitative estimate of drug-likeness (QED) is 0.825. The molecule has 0 aliphatic carbocycles. The summed E-state index contributed by atoms with van der Waals surface area (Å²) >= 11 is 12.0. The van der Waals surface area contributed by atoms with Crippen molar-refractivity contribution in [3.63, 3.8) is 0 Å². The van der Waals surface area contributed by atoms with Crippen LogP contribution in [0.15, 0.2) is 23.1 Å². The molecule has 1 saturated heterocycles. The number of hydrogen-bond acceptors (Lipinski definition) is 4. The summed E-state index contributed by atoms with van der Waals surface area (Å²) in [7, 11) is -1.93. The number of rotatable bonds is 5. The topological polar surface area (TPSA) is 69.7 Å². The van der Waals surface area contributed by atoms with E-state index in [0.29, 0.717) is 19.6 Å². The molecular formula is C15H21Cl2N3O3S. The van der Waals surface area contributed by atoms with Crippen molar-refractivity contribution in [2.75, 3.05) is 39.8 Å². The predicted octanol–water partition coefficient (Wildman–Crippen LogP) is 1.68. The molecular weight excluding hydrogens is 373 g/mol. The lowest BCUT2D eigenvalue weighted by atomic mass is 10.1. The van der Waals surface area contributed by atoms with Gasteiger partial charge in [0.2, 0.25) is 15.9 Å². The Bertz CT molecular complexity index is 704. The van der Waals surface area contributed by atoms with E-state index >= 15 is 0 Å². The zero-order chi connectivity index (χ0) is 17.9. The Hall–Kier alpha value is -0.860. The van der Waals surface area contributed by atoms with Gasteiger partial charge in [0.1, 0.15) is 4.90 Å². The third-order valence-corrected chi connectivity index (χ3v) is 6.89. The fourth-order valence-corrected chi connectivity index (χ4v) is 4.83. The summed E-state index contributed by atoms with van der Waals surface area (Å²) in [4.78, 5) is 14.0. The van der Waals surface area contributed by atoms with Gasteiger partial charge in [-0.05, 0) is 19.2 Å². The molecule has 1 N–H and O–H groups in total. The van der Waals surface area contributed by atoms with Crippen LogP contribution < -0.4 is 5.32 Å². The fourth-order valence-electron chi connectivity index (χ4n) is 2.68. The molecule has 0 saturated carbocycles. The maximum atomic E-state index is 12.7. The van der Waals surface area contributed by atoms with Crippen molar-refractivity contribution in [2.24, 2.45) is 5.92 Å². The molecule has 1 fully saturated rings. The lowest BCUT2D eigenvalue weighted by Crippen LogP contribution is -2.52. The van der Waals surface area contributed by atoms with Gasteiger partial charge in [0.05, 0.1) is 10.0 Å². The molecule has 1 aliphatic rings. The van der Waals surface area contributed by atoms with Gasteiger partial charge in [-0.3, -0.25) is 4.79 Å². The second-order valence-electron chi connectivity index (χ2n) is 5.74. The molecule has 0 radical (unpaired) electrons. The summed E-state index contributed by atoms with van der Waals surface area (Å²) in [6.07, 6.45) is 0. The van der Waals surface area contributed by atoms with Crippen molar-refractivity contribution < 1.29 is 13.2 Å². The van der Waals surface area contributed by atoms with Crippen LogP contribution >= 0.6 is 23.2 Å². The first-order valence-electron chi connectivity index (χ1n) is 7.66. The van der Waals surface area contributed by atoms with Gasteiger partial charge in [0, 0.05) is 38.6 Å². The molecule has 1 heterocycles. The summed E-state index contributed by atoms with van der Waals surface area (Å²) in [6.45, 7) is 3.66. The minimum atomic E-state index is -3.73. The summed E-state index contributed by atoms with van der Waals surface area (Å²) in [6, 6.07) is 4.54. The first kappa shape index (κ1) is 19.5. The molecule has 1 aromatic carbocycles. The Morgan fingerprint density at radius 1 is 1.25 bits per heavy atom. The molecule has 1 atom stereocenters. The van der Waals surface area contributed by atoms with Crippen LogP contribution in [-0.4, -0.2) is 63.3 Å². The van der Waals surface area contributed by atoms with E-state index in [1.165, 1.54) is 10.4 Å². The first-order chi connectivity index (χ1) is 11.3. The zero-order valence-corrected chi connectivity index (χ0v) is 16.0. The number of nitrogens with one attached hydrogen (secondary N) is 1. The number of benzene rings is 1. The van der Waals surface area contributed by atoms with Crippen molar-refractivity contribution in [1.29, 1.82) is 0 Å². The van der Waals surface area contributed by atoms with Gasteiger partial charge in [-0.2, -0.15) is 4.31 Å². The van der Waals surface area contributed by atoms with Crippen molar-refractivity contribution in [2.45, 2.75) is 11.8 Å². The highest BCUT2D eigenvalue weighted by Gasteiger charge is 2.32. The van der Waals surface area contributed by atoms with Crippen molar-refractivity contribution in [3.8, 4) is 0 Å². The highest BCUT2D eigenvalue weighted by atomic mass is 35.5. The maximum Gasteiger partial charge on any atom is 0.244 e. The number of halogens is 2. The Balaban J connectivity index is 2.09. The van der Waals surface area contributed by atoms with Crippen LogP contribution in [0.25, 0.3) is 0 Å². The molecule has 1 aromatic rings. The normalized spacial score (nSPS) is 17.8. The molecule has 1 unspecified atom stereocenters. The maximum absolute atomic E-state index is 12.7. The zero-order valence-electron chi connectivity index (χ0n) is 13.6. The summed E-state index contributed by atoms with van der Waals surface area (Å²) in [5.74, 6) is -0.109. The third-order valence-electron chi connectivity index (χ3n) is 4.02. The van der Waals surface area contributed by atoms with Gasteiger partial charge in [-0.25, -0.2) is 8.42 Å². The van der Waals surface area contributed by atoms with Gasteiger partial charge in [0.25, 0.3) is 0 Å². The number of carbonyl (C=O) groups excluding carboxylic acids is 1. The molecule has 1 amide bonds. The van der Waals surface area contributed by atoms with Gasteiger partial charge < -0.3 is 10.2 Å². The van der Waals surface area contributed by atoms with Crippen LogP contribution in [0, 0.1) is 5.92 Å². The van der Waals surface area contributed by atoms with Crippen molar-refractivity contribution >= 4 is 39.1 Å². The van der Waals surface area contributed by atoms with E-state index in [9.17, 15) is 13.2 Å². The Labute approximate surface area is 152 Å². The molecule has 6 nitrogen and oxygen atoms in total. The van der Waals surface area contributed by atoms with Crippen LogP contribution in [-0.2, 0) is 14.8 Å². The Kier molecular flexibility index (Phi) is 6.50. The Morgan fingerprint density at radius 2 is 1.88 bits per heavy atom. The summed E-state index contributed by atoms with van der Waals surface area (Å²) < 4.78 is 26.8. The number of amides is 1. The van der Waals surface area contributed by atoms with Crippen LogP contribution in [0.1, 0.15) is 6.92 Å². The molecule has 24 heavy (non-hydrogen) atoms. The van der Waals surface area contributed by atoms with E-state index in [0.717, 1.165) is 0 Å². The molecule has 134 valence electrons. The van der Waals surface area contributed by atoms with Gasteiger partial charge in [-0.15, -0.1) is 0 Å². The lowest BCUT2D eigenvalue weighted by molar-refractivity contribution is -0.136. The number of carbonyl (C=O) groups is 1. The molecule has 2 rings (SSSR count). The minimum Gasteiger partial charge on any atom is -0.340 e. The average molecular weight is 394 g/mol. The van der Waals surface area contributed by atoms with Crippen LogP contribution in [0.4, 0.5) is 0 Å². The molecule has 9 heteroatoms. The highest BCUT2D eigenvalue weighted by Crippen LogP contribution is 2.31. The lowest BCUT2D eigenvalue weighted by Gasteiger charge is -2.35. The van der Waals surface area contributed by atoms with E-state index in [1.807, 2.05) is 6.92 Å². The summed E-state index contributed by atoms with van der Waals surface area (Å²) in [5.41, 5.74) is 0. The SMILES string of the molecule is CNCC(C)C(=O)N1CCN(S(=O)(=O)c2cccc(Cl)c2Cl)CC1. The third kappa shape index (κ3) is 4.03. The molecule has 0 bridgehead atoms. The Morgan fingerprint density at radius 3 is 2.46 bits per heavy atom. The smallest absolute Gasteiger partial charge is 0.244 e. The van der Waals surface area contributed by atoms with Crippen LogP contribution in [0.3, 0.4) is 0 Å². The van der Waals surface area contributed by atoms with Gasteiger partial charge in [-0.1, -0.05) is 36.2 Å². The molecule has 1 aliphatic heterocycles. The van der Waals surface area contributed by atoms with Gasteiger partial charge in [0.15, 0.2) is 0 Å². The number of piperazine rings is 1. The molecule has 0 aromatic heterocycles. The second-order valence-corrected chi connectivity index (χ2v) is 8.43. The first-order valence-corrected chi connectivity index (χ1v) is 9.86. The molecule has 0 spiro atoms. The highest BCUT2D eigenvalue weighted by molar-refractivity contribution is 7.89. The largest absolute Gasteiger partial charge is 0.340 e. The summed E-state index contributed by atoms with van der Waals surface area (Å²) in [5, 5.41) is 3.20. The predicted molar refractivity (Wildman–Crippen MR) is 94.9 cm³/mol. The van der Waals surface area contributed by atoms with E-state index in [-0.39, 0.29) is 39.9 Å².